The number of nitrogen functional groups attached to an aromatic ring is 1. The highest BCUT2D eigenvalue weighted by Crippen LogP contribution is 2.44. The third-order valence-corrected chi connectivity index (χ3v) is 6.06. The van der Waals surface area contributed by atoms with E-state index in [-0.39, 0.29) is 5.78 Å². The molecule has 1 aromatic rings. The van der Waals surface area contributed by atoms with Gasteiger partial charge < -0.3 is 10.6 Å². The zero-order valence-corrected chi connectivity index (χ0v) is 14.0. The maximum Gasteiger partial charge on any atom is 0.174 e. The van der Waals surface area contributed by atoms with Crippen LogP contribution in [0.25, 0.3) is 0 Å². The summed E-state index contributed by atoms with van der Waals surface area (Å²) in [5.41, 5.74) is 6.91. The average molecular weight is 313 g/mol. The Labute approximate surface area is 129 Å². The lowest BCUT2D eigenvalue weighted by atomic mass is 10.1. The molecule has 1 saturated heterocycles. The second-order valence-corrected chi connectivity index (χ2v) is 7.03. The molecule has 0 aliphatic carbocycles. The molecule has 112 valence electrons. The van der Waals surface area contributed by atoms with Crippen LogP contribution in [0.15, 0.2) is 4.90 Å². The second kappa shape index (κ2) is 7.36. The molecule has 2 heterocycles. The molecule has 0 aromatic carbocycles. The molecule has 5 heteroatoms. The standard InChI is InChI=1S/C15H24N2OS2/c1-3-11(18)13-12(16)14(19-2)15(20-13)17-9-7-5-4-6-8-10-17/h3-10,16H2,1-2H3. The Bertz CT molecular complexity index is 463. The maximum atomic E-state index is 12.0. The number of thiophene rings is 1. The summed E-state index contributed by atoms with van der Waals surface area (Å²) in [4.78, 5) is 16.3. The number of hydrogen-bond donors (Lipinski definition) is 1. The molecule has 2 rings (SSSR count). The number of thioether (sulfide) groups is 1. The van der Waals surface area contributed by atoms with Gasteiger partial charge in [-0.05, 0) is 19.1 Å². The van der Waals surface area contributed by atoms with E-state index in [9.17, 15) is 4.79 Å². The highest BCUT2D eigenvalue weighted by atomic mass is 32.2. The van der Waals surface area contributed by atoms with Crippen molar-refractivity contribution in [2.24, 2.45) is 0 Å². The first-order valence-corrected chi connectivity index (χ1v) is 9.47. The molecule has 0 saturated carbocycles. The highest BCUT2D eigenvalue weighted by Gasteiger charge is 2.23. The molecule has 0 radical (unpaired) electrons. The first kappa shape index (κ1) is 15.7. The average Bonchev–Trinajstić information content (AvgIpc) is 2.74. The van der Waals surface area contributed by atoms with Crippen molar-refractivity contribution in [3.63, 3.8) is 0 Å². The molecule has 1 aromatic heterocycles. The molecule has 1 aliphatic heterocycles. The molecule has 0 amide bonds. The number of rotatable bonds is 4. The number of nitrogens with zero attached hydrogens (tertiary/aromatic N) is 1. The Morgan fingerprint density at radius 2 is 1.85 bits per heavy atom. The van der Waals surface area contributed by atoms with E-state index in [1.54, 1.807) is 23.1 Å². The van der Waals surface area contributed by atoms with E-state index < -0.39 is 0 Å². The van der Waals surface area contributed by atoms with Gasteiger partial charge in [0, 0.05) is 19.5 Å². The minimum atomic E-state index is 0.168. The Kier molecular flexibility index (Phi) is 5.78. The number of ketones is 1. The fourth-order valence-corrected chi connectivity index (χ4v) is 4.88. The van der Waals surface area contributed by atoms with Crippen molar-refractivity contribution in [3.8, 4) is 0 Å². The van der Waals surface area contributed by atoms with Gasteiger partial charge in [0.15, 0.2) is 5.78 Å². The Balaban J connectivity index is 2.31. The zero-order valence-electron chi connectivity index (χ0n) is 12.4. The molecule has 3 nitrogen and oxygen atoms in total. The number of Topliss-reactive ketones (excluding diaryl/α,β-unsaturated/α-hetero) is 1. The maximum absolute atomic E-state index is 12.0. The molecule has 1 fully saturated rings. The van der Waals surface area contributed by atoms with Crippen LogP contribution in [-0.2, 0) is 0 Å². The SMILES string of the molecule is CCC(=O)c1sc(N2CCCCCCC2)c(SC)c1N. The summed E-state index contributed by atoms with van der Waals surface area (Å²) in [5, 5.41) is 1.22. The van der Waals surface area contributed by atoms with Crippen molar-refractivity contribution in [1.82, 2.24) is 0 Å². The van der Waals surface area contributed by atoms with Crippen molar-refractivity contribution in [2.45, 2.75) is 50.3 Å². The van der Waals surface area contributed by atoms with Crippen molar-refractivity contribution < 1.29 is 4.79 Å². The fourth-order valence-electron chi connectivity index (χ4n) is 2.64. The molecule has 20 heavy (non-hydrogen) atoms. The number of carbonyl (C=O) groups is 1. The van der Waals surface area contributed by atoms with Gasteiger partial charge in [-0.3, -0.25) is 4.79 Å². The molecule has 0 bridgehead atoms. The zero-order chi connectivity index (χ0) is 14.5. The Morgan fingerprint density at radius 1 is 1.25 bits per heavy atom. The minimum Gasteiger partial charge on any atom is -0.396 e. The van der Waals surface area contributed by atoms with Crippen LogP contribution in [0.4, 0.5) is 10.7 Å². The molecule has 0 unspecified atom stereocenters. The normalized spacial score (nSPS) is 16.8. The van der Waals surface area contributed by atoms with Crippen LogP contribution in [0.5, 0.6) is 0 Å². The van der Waals surface area contributed by atoms with Gasteiger partial charge in [-0.2, -0.15) is 0 Å². The monoisotopic (exact) mass is 312 g/mol. The summed E-state index contributed by atoms with van der Waals surface area (Å²) in [7, 11) is 0. The Hall–Kier alpha value is -0.680. The van der Waals surface area contributed by atoms with E-state index in [0.29, 0.717) is 12.1 Å². The summed E-state index contributed by atoms with van der Waals surface area (Å²) in [6.07, 6.45) is 9.03. The lowest BCUT2D eigenvalue weighted by Gasteiger charge is -2.26. The van der Waals surface area contributed by atoms with E-state index >= 15 is 0 Å². The molecular weight excluding hydrogens is 288 g/mol. The minimum absolute atomic E-state index is 0.168. The predicted molar refractivity (Wildman–Crippen MR) is 90.4 cm³/mol. The summed E-state index contributed by atoms with van der Waals surface area (Å²) < 4.78 is 0. The van der Waals surface area contributed by atoms with Crippen LogP contribution in [-0.4, -0.2) is 25.1 Å². The summed E-state index contributed by atoms with van der Waals surface area (Å²) in [5.74, 6) is 0.168. The van der Waals surface area contributed by atoms with E-state index in [2.05, 4.69) is 4.90 Å². The Morgan fingerprint density at radius 3 is 2.40 bits per heavy atom. The highest BCUT2D eigenvalue weighted by molar-refractivity contribution is 7.99. The summed E-state index contributed by atoms with van der Waals surface area (Å²) >= 11 is 3.26. The van der Waals surface area contributed by atoms with Crippen molar-refractivity contribution in [2.75, 3.05) is 30.0 Å². The third-order valence-electron chi connectivity index (χ3n) is 3.80. The van der Waals surface area contributed by atoms with Crippen LogP contribution < -0.4 is 10.6 Å². The van der Waals surface area contributed by atoms with Gasteiger partial charge in [0.1, 0.15) is 5.00 Å². The second-order valence-electron chi connectivity index (χ2n) is 5.21. The van der Waals surface area contributed by atoms with Crippen molar-refractivity contribution >= 4 is 39.6 Å². The topological polar surface area (TPSA) is 46.3 Å². The van der Waals surface area contributed by atoms with Crippen LogP contribution in [0.3, 0.4) is 0 Å². The van der Waals surface area contributed by atoms with Crippen molar-refractivity contribution in [3.05, 3.63) is 4.88 Å². The lowest BCUT2D eigenvalue weighted by Crippen LogP contribution is -2.26. The first-order chi connectivity index (χ1) is 9.69. The van der Waals surface area contributed by atoms with E-state index in [1.165, 1.54) is 37.1 Å². The van der Waals surface area contributed by atoms with Crippen molar-refractivity contribution in [1.29, 1.82) is 0 Å². The number of hydrogen-bond acceptors (Lipinski definition) is 5. The predicted octanol–water partition coefficient (Wildman–Crippen LogP) is 4.42. The molecule has 0 spiro atoms. The van der Waals surface area contributed by atoms with E-state index in [4.69, 9.17) is 5.73 Å². The fraction of sp³-hybridized carbons (Fsp3) is 0.667. The first-order valence-electron chi connectivity index (χ1n) is 7.43. The van der Waals surface area contributed by atoms with Crippen LogP contribution in [0.2, 0.25) is 0 Å². The van der Waals surface area contributed by atoms with E-state index in [0.717, 1.165) is 22.9 Å². The molecular formula is C15H24N2OS2. The van der Waals surface area contributed by atoms with Gasteiger partial charge in [0.2, 0.25) is 0 Å². The lowest BCUT2D eigenvalue weighted by molar-refractivity contribution is 0.0992. The van der Waals surface area contributed by atoms with Crippen LogP contribution in [0, 0.1) is 0 Å². The van der Waals surface area contributed by atoms with Gasteiger partial charge in [-0.1, -0.05) is 26.2 Å². The molecule has 1 aliphatic rings. The van der Waals surface area contributed by atoms with Crippen LogP contribution >= 0.6 is 23.1 Å². The number of nitrogens with two attached hydrogens (primary N) is 1. The van der Waals surface area contributed by atoms with Gasteiger partial charge in [0.05, 0.1) is 15.5 Å². The van der Waals surface area contributed by atoms with Gasteiger partial charge in [0.25, 0.3) is 0 Å². The van der Waals surface area contributed by atoms with Gasteiger partial charge >= 0.3 is 0 Å². The van der Waals surface area contributed by atoms with Gasteiger partial charge in [-0.25, -0.2) is 0 Å². The summed E-state index contributed by atoms with van der Waals surface area (Å²) in [6.45, 7) is 4.08. The largest absolute Gasteiger partial charge is 0.396 e. The molecule has 2 N–H and O–H groups in total. The van der Waals surface area contributed by atoms with E-state index in [1.807, 2.05) is 13.2 Å². The molecule has 0 atom stereocenters. The van der Waals surface area contributed by atoms with Crippen LogP contribution in [0.1, 0.15) is 55.1 Å². The summed E-state index contributed by atoms with van der Waals surface area (Å²) in [6, 6.07) is 0. The smallest absolute Gasteiger partial charge is 0.174 e. The quantitative estimate of drug-likeness (QED) is 0.660. The number of carbonyl (C=O) groups excluding carboxylic acids is 1. The van der Waals surface area contributed by atoms with Gasteiger partial charge in [-0.15, -0.1) is 23.1 Å². The third kappa shape index (κ3) is 3.31. The number of anilines is 2.